The predicted octanol–water partition coefficient (Wildman–Crippen LogP) is 1.48. The van der Waals surface area contributed by atoms with Crippen LogP contribution in [0.2, 0.25) is 0 Å². The van der Waals surface area contributed by atoms with Gasteiger partial charge in [0.2, 0.25) is 5.91 Å². The summed E-state index contributed by atoms with van der Waals surface area (Å²) in [5.41, 5.74) is 6.40. The van der Waals surface area contributed by atoms with E-state index < -0.39 is 6.04 Å². The average molecular weight is 222 g/mol. The molecule has 0 spiro atoms. The van der Waals surface area contributed by atoms with E-state index in [1.54, 1.807) is 25.2 Å². The zero-order valence-electron chi connectivity index (χ0n) is 9.68. The maximum Gasteiger partial charge on any atom is 0.243 e. The van der Waals surface area contributed by atoms with E-state index in [1.807, 2.05) is 6.92 Å². The number of anilines is 1. The lowest BCUT2D eigenvalue weighted by molar-refractivity contribution is -0.119. The van der Waals surface area contributed by atoms with E-state index in [9.17, 15) is 9.90 Å². The summed E-state index contributed by atoms with van der Waals surface area (Å²) in [4.78, 5) is 13.3. The Morgan fingerprint density at radius 3 is 2.81 bits per heavy atom. The lowest BCUT2D eigenvalue weighted by Crippen LogP contribution is -2.41. The molecule has 0 aromatic heterocycles. The highest BCUT2D eigenvalue weighted by Crippen LogP contribution is 2.19. The summed E-state index contributed by atoms with van der Waals surface area (Å²) in [6.45, 7) is 1.99. The maximum atomic E-state index is 11.9. The Kier molecular flexibility index (Phi) is 4.31. The van der Waals surface area contributed by atoms with E-state index in [4.69, 9.17) is 5.73 Å². The van der Waals surface area contributed by atoms with Crippen LogP contribution < -0.4 is 10.6 Å². The second kappa shape index (κ2) is 5.51. The van der Waals surface area contributed by atoms with Crippen molar-refractivity contribution in [1.29, 1.82) is 0 Å². The average Bonchev–Trinajstić information content (AvgIpc) is 2.27. The Balaban J connectivity index is 2.77. The van der Waals surface area contributed by atoms with Crippen LogP contribution in [0.15, 0.2) is 24.3 Å². The quantitative estimate of drug-likeness (QED) is 0.811. The van der Waals surface area contributed by atoms with Gasteiger partial charge in [-0.25, -0.2) is 0 Å². The van der Waals surface area contributed by atoms with E-state index in [0.29, 0.717) is 12.1 Å². The molecule has 16 heavy (non-hydrogen) atoms. The van der Waals surface area contributed by atoms with Crippen molar-refractivity contribution in [2.75, 3.05) is 11.9 Å². The van der Waals surface area contributed by atoms with Gasteiger partial charge in [0.1, 0.15) is 5.75 Å². The molecule has 0 aliphatic heterocycles. The van der Waals surface area contributed by atoms with Gasteiger partial charge < -0.3 is 15.7 Å². The fourth-order valence-electron chi connectivity index (χ4n) is 1.51. The molecule has 0 saturated carbocycles. The van der Waals surface area contributed by atoms with Crippen molar-refractivity contribution in [3.63, 3.8) is 0 Å². The zero-order valence-corrected chi connectivity index (χ0v) is 9.68. The molecule has 0 aliphatic rings. The largest absolute Gasteiger partial charge is 0.508 e. The van der Waals surface area contributed by atoms with Crippen molar-refractivity contribution in [2.24, 2.45) is 5.73 Å². The molecule has 0 bridgehead atoms. The minimum Gasteiger partial charge on any atom is -0.508 e. The molecule has 0 unspecified atom stereocenters. The number of nitrogens with two attached hydrogens (primary N) is 1. The van der Waals surface area contributed by atoms with Gasteiger partial charge in [0.05, 0.1) is 6.04 Å². The van der Waals surface area contributed by atoms with E-state index in [-0.39, 0.29) is 11.7 Å². The molecule has 4 heteroatoms. The first kappa shape index (κ1) is 12.5. The van der Waals surface area contributed by atoms with Crippen LogP contribution in [-0.2, 0) is 4.79 Å². The van der Waals surface area contributed by atoms with Crippen molar-refractivity contribution in [3.05, 3.63) is 24.3 Å². The maximum absolute atomic E-state index is 11.9. The van der Waals surface area contributed by atoms with Gasteiger partial charge in [-0.1, -0.05) is 19.4 Å². The van der Waals surface area contributed by atoms with Crippen LogP contribution in [0.5, 0.6) is 5.75 Å². The van der Waals surface area contributed by atoms with Crippen LogP contribution in [-0.4, -0.2) is 24.1 Å². The van der Waals surface area contributed by atoms with Gasteiger partial charge in [-0.15, -0.1) is 0 Å². The SMILES string of the molecule is CCC[C@@H](N)C(=O)N(C)c1cccc(O)c1. The van der Waals surface area contributed by atoms with Crippen molar-refractivity contribution >= 4 is 11.6 Å². The summed E-state index contributed by atoms with van der Waals surface area (Å²) in [6, 6.07) is 6.08. The predicted molar refractivity (Wildman–Crippen MR) is 64.4 cm³/mol. The fraction of sp³-hybridized carbons (Fsp3) is 0.417. The number of amides is 1. The Hall–Kier alpha value is -1.55. The van der Waals surface area contributed by atoms with Gasteiger partial charge >= 0.3 is 0 Å². The molecule has 0 fully saturated rings. The smallest absolute Gasteiger partial charge is 0.243 e. The van der Waals surface area contributed by atoms with Crippen molar-refractivity contribution < 1.29 is 9.90 Å². The first-order valence-electron chi connectivity index (χ1n) is 5.38. The molecule has 4 nitrogen and oxygen atoms in total. The van der Waals surface area contributed by atoms with Crippen molar-refractivity contribution in [3.8, 4) is 5.75 Å². The van der Waals surface area contributed by atoms with E-state index >= 15 is 0 Å². The summed E-state index contributed by atoms with van der Waals surface area (Å²) in [7, 11) is 1.66. The number of benzene rings is 1. The number of hydrogen-bond acceptors (Lipinski definition) is 3. The standard InChI is InChI=1S/C12H18N2O2/c1-3-5-11(13)12(16)14(2)9-6-4-7-10(15)8-9/h4,6-8,11,15H,3,5,13H2,1-2H3/t11-/m1/s1. The first-order chi connectivity index (χ1) is 7.56. The van der Waals surface area contributed by atoms with Crippen molar-refractivity contribution in [1.82, 2.24) is 0 Å². The highest BCUT2D eigenvalue weighted by atomic mass is 16.3. The lowest BCUT2D eigenvalue weighted by atomic mass is 10.1. The summed E-state index contributed by atoms with van der Waals surface area (Å²) in [6.07, 6.45) is 1.54. The summed E-state index contributed by atoms with van der Waals surface area (Å²) in [5.74, 6) is 0.00802. The van der Waals surface area contributed by atoms with Gasteiger partial charge in [-0.3, -0.25) is 4.79 Å². The van der Waals surface area contributed by atoms with Crippen LogP contribution in [0.3, 0.4) is 0 Å². The molecule has 0 saturated heterocycles. The monoisotopic (exact) mass is 222 g/mol. The molecule has 1 amide bonds. The van der Waals surface area contributed by atoms with Crippen molar-refractivity contribution in [2.45, 2.75) is 25.8 Å². The number of nitrogens with zero attached hydrogens (tertiary/aromatic N) is 1. The molecule has 88 valence electrons. The molecule has 0 radical (unpaired) electrons. The number of phenolic OH excluding ortho intramolecular Hbond substituents is 1. The molecular formula is C12H18N2O2. The Bertz CT molecular complexity index is 366. The van der Waals surface area contributed by atoms with Crippen LogP contribution in [0.25, 0.3) is 0 Å². The Morgan fingerprint density at radius 1 is 1.56 bits per heavy atom. The number of hydrogen-bond donors (Lipinski definition) is 2. The zero-order chi connectivity index (χ0) is 12.1. The third kappa shape index (κ3) is 2.97. The van der Waals surface area contributed by atoms with Crippen LogP contribution in [0.1, 0.15) is 19.8 Å². The number of carbonyl (C=O) groups is 1. The third-order valence-corrected chi connectivity index (χ3v) is 2.46. The molecule has 1 rings (SSSR count). The van der Waals surface area contributed by atoms with Crippen LogP contribution in [0.4, 0.5) is 5.69 Å². The lowest BCUT2D eigenvalue weighted by Gasteiger charge is -2.21. The highest BCUT2D eigenvalue weighted by molar-refractivity contribution is 5.96. The Morgan fingerprint density at radius 2 is 2.25 bits per heavy atom. The Labute approximate surface area is 95.7 Å². The number of likely N-dealkylation sites (N-methyl/N-ethyl adjacent to an activating group) is 1. The molecule has 1 aromatic rings. The molecular weight excluding hydrogens is 204 g/mol. The normalized spacial score (nSPS) is 12.2. The molecule has 1 aromatic carbocycles. The first-order valence-corrected chi connectivity index (χ1v) is 5.38. The molecule has 3 N–H and O–H groups in total. The van der Waals surface area contributed by atoms with Crippen LogP contribution in [0, 0.1) is 0 Å². The molecule has 0 aliphatic carbocycles. The van der Waals surface area contributed by atoms with E-state index in [2.05, 4.69) is 0 Å². The van der Waals surface area contributed by atoms with Gasteiger partial charge in [-0.05, 0) is 18.6 Å². The number of carbonyl (C=O) groups excluding carboxylic acids is 1. The second-order valence-corrected chi connectivity index (χ2v) is 3.81. The van der Waals surface area contributed by atoms with E-state index in [1.165, 1.54) is 11.0 Å². The molecule has 0 heterocycles. The number of phenols is 1. The third-order valence-electron chi connectivity index (χ3n) is 2.46. The van der Waals surface area contributed by atoms with E-state index in [0.717, 1.165) is 6.42 Å². The fourth-order valence-corrected chi connectivity index (χ4v) is 1.51. The molecule has 1 atom stereocenters. The van der Waals surface area contributed by atoms with Gasteiger partial charge in [0, 0.05) is 18.8 Å². The van der Waals surface area contributed by atoms with Gasteiger partial charge in [0.25, 0.3) is 0 Å². The topological polar surface area (TPSA) is 66.6 Å². The van der Waals surface area contributed by atoms with Crippen LogP contribution >= 0.6 is 0 Å². The summed E-state index contributed by atoms with van der Waals surface area (Å²) < 4.78 is 0. The summed E-state index contributed by atoms with van der Waals surface area (Å²) in [5, 5.41) is 9.32. The van der Waals surface area contributed by atoms with Gasteiger partial charge in [-0.2, -0.15) is 0 Å². The van der Waals surface area contributed by atoms with Gasteiger partial charge in [0.15, 0.2) is 0 Å². The minimum absolute atomic E-state index is 0.132. The number of aromatic hydroxyl groups is 1. The highest BCUT2D eigenvalue weighted by Gasteiger charge is 2.18. The minimum atomic E-state index is -0.475. The number of rotatable bonds is 4. The second-order valence-electron chi connectivity index (χ2n) is 3.81. The summed E-state index contributed by atoms with van der Waals surface area (Å²) >= 11 is 0.